The highest BCUT2D eigenvalue weighted by molar-refractivity contribution is 5.92. The number of amides is 1. The minimum atomic E-state index is -2.92. The quantitative estimate of drug-likeness (QED) is 0.325. The molecule has 9 nitrogen and oxygen atoms in total. The van der Waals surface area contributed by atoms with Gasteiger partial charge in [-0.25, -0.2) is 27.9 Å². The SMILES string of the molecule is CC(Nc1nc2nccn2c2cnc(N3CCN(C(=O)OC(C)(C)C)CC3C)cc12)c1cccc(C(F)F)c1F. The van der Waals surface area contributed by atoms with Crippen molar-refractivity contribution in [2.24, 2.45) is 0 Å². The first-order chi connectivity index (χ1) is 18.9. The number of nitrogens with one attached hydrogen (secondary N) is 1. The van der Waals surface area contributed by atoms with Crippen molar-refractivity contribution in [1.82, 2.24) is 24.3 Å². The van der Waals surface area contributed by atoms with E-state index in [1.165, 1.54) is 12.1 Å². The van der Waals surface area contributed by atoms with Crippen LogP contribution in [0.4, 0.5) is 29.6 Å². The molecule has 1 aromatic carbocycles. The van der Waals surface area contributed by atoms with Crippen molar-refractivity contribution in [3.05, 3.63) is 59.8 Å². The van der Waals surface area contributed by atoms with E-state index in [2.05, 4.69) is 20.2 Å². The predicted octanol–water partition coefficient (Wildman–Crippen LogP) is 5.97. The topological polar surface area (TPSA) is 87.9 Å². The molecule has 0 saturated carbocycles. The summed E-state index contributed by atoms with van der Waals surface area (Å²) in [5.41, 5.74) is -0.383. The first-order valence-electron chi connectivity index (χ1n) is 13.1. The predicted molar refractivity (Wildman–Crippen MR) is 146 cm³/mol. The Morgan fingerprint density at radius 1 is 1.18 bits per heavy atom. The Bertz CT molecular complexity index is 1550. The summed E-state index contributed by atoms with van der Waals surface area (Å²) in [7, 11) is 0. The van der Waals surface area contributed by atoms with Crippen molar-refractivity contribution in [2.45, 2.75) is 58.7 Å². The molecule has 0 bridgehead atoms. The molecule has 12 heteroatoms. The summed E-state index contributed by atoms with van der Waals surface area (Å²) in [5.74, 6) is 0.582. The molecule has 1 aliphatic rings. The maximum Gasteiger partial charge on any atom is 0.410 e. The number of carbonyl (C=O) groups excluding carboxylic acids is 1. The van der Waals surface area contributed by atoms with Gasteiger partial charge in [-0.3, -0.25) is 4.40 Å². The number of rotatable bonds is 5. The van der Waals surface area contributed by atoms with Crippen molar-refractivity contribution < 1.29 is 22.7 Å². The van der Waals surface area contributed by atoms with Crippen LogP contribution < -0.4 is 10.2 Å². The fourth-order valence-corrected chi connectivity index (χ4v) is 4.96. The van der Waals surface area contributed by atoms with Crippen LogP contribution in [0.2, 0.25) is 0 Å². The van der Waals surface area contributed by atoms with Gasteiger partial charge in [-0.15, -0.1) is 0 Å². The van der Waals surface area contributed by atoms with Gasteiger partial charge in [0.1, 0.15) is 23.1 Å². The number of hydrogen-bond donors (Lipinski definition) is 1. The minimum absolute atomic E-state index is 0.0438. The Balaban J connectivity index is 1.47. The lowest BCUT2D eigenvalue weighted by atomic mass is 10.0. The molecular weight excluding hydrogens is 523 g/mol. The largest absolute Gasteiger partial charge is 0.444 e. The van der Waals surface area contributed by atoms with Gasteiger partial charge < -0.3 is 19.9 Å². The first-order valence-corrected chi connectivity index (χ1v) is 13.1. The number of carbonyl (C=O) groups is 1. The lowest BCUT2D eigenvalue weighted by molar-refractivity contribution is 0.0218. The number of alkyl halides is 2. The summed E-state index contributed by atoms with van der Waals surface area (Å²) in [4.78, 5) is 30.0. The molecule has 5 rings (SSSR count). The lowest BCUT2D eigenvalue weighted by Crippen LogP contribution is -2.54. The summed E-state index contributed by atoms with van der Waals surface area (Å²) in [6.45, 7) is 10.7. The van der Waals surface area contributed by atoms with Crippen molar-refractivity contribution in [2.75, 3.05) is 29.9 Å². The van der Waals surface area contributed by atoms with Crippen LogP contribution in [0.25, 0.3) is 16.7 Å². The molecule has 2 unspecified atom stereocenters. The van der Waals surface area contributed by atoms with E-state index in [1.807, 2.05) is 33.8 Å². The van der Waals surface area contributed by atoms with Gasteiger partial charge in [-0.1, -0.05) is 18.2 Å². The molecule has 0 spiro atoms. The fraction of sp³-hybridized carbons (Fsp3) is 0.429. The second kappa shape index (κ2) is 10.5. The van der Waals surface area contributed by atoms with E-state index >= 15 is 0 Å². The fourth-order valence-electron chi connectivity index (χ4n) is 4.96. The van der Waals surface area contributed by atoms with Gasteiger partial charge in [0.2, 0.25) is 5.78 Å². The van der Waals surface area contributed by atoms with Crippen LogP contribution in [-0.2, 0) is 4.74 Å². The van der Waals surface area contributed by atoms with Gasteiger partial charge in [0.05, 0.1) is 23.3 Å². The number of fused-ring (bicyclic) bond motifs is 3. The minimum Gasteiger partial charge on any atom is -0.444 e. The van der Waals surface area contributed by atoms with Crippen molar-refractivity contribution >= 4 is 34.4 Å². The smallest absolute Gasteiger partial charge is 0.410 e. The monoisotopic (exact) mass is 555 g/mol. The number of nitrogens with zero attached hydrogens (tertiary/aromatic N) is 6. The Hall–Kier alpha value is -4.09. The van der Waals surface area contributed by atoms with Crippen LogP contribution >= 0.6 is 0 Å². The summed E-state index contributed by atoms with van der Waals surface area (Å²) >= 11 is 0. The number of aromatic nitrogens is 4. The van der Waals surface area contributed by atoms with Gasteiger partial charge in [0, 0.05) is 49.0 Å². The van der Waals surface area contributed by atoms with Gasteiger partial charge in [-0.05, 0) is 40.7 Å². The zero-order valence-corrected chi connectivity index (χ0v) is 23.0. The summed E-state index contributed by atoms with van der Waals surface area (Å²) < 4.78 is 48.9. The maximum absolute atomic E-state index is 14.9. The molecular formula is C28H32F3N7O2. The number of piperazine rings is 1. The van der Waals surface area contributed by atoms with E-state index in [0.29, 0.717) is 42.4 Å². The molecule has 1 saturated heterocycles. The van der Waals surface area contributed by atoms with Crippen molar-refractivity contribution in [3.63, 3.8) is 0 Å². The van der Waals surface area contributed by atoms with E-state index in [1.54, 1.807) is 34.8 Å². The van der Waals surface area contributed by atoms with Crippen LogP contribution in [0, 0.1) is 5.82 Å². The molecule has 2 atom stereocenters. The zero-order valence-electron chi connectivity index (χ0n) is 23.0. The Kier molecular flexibility index (Phi) is 7.19. The van der Waals surface area contributed by atoms with Crippen LogP contribution in [0.5, 0.6) is 0 Å². The van der Waals surface area contributed by atoms with E-state index in [-0.39, 0.29) is 17.7 Å². The highest BCUT2D eigenvalue weighted by atomic mass is 19.3. The molecule has 212 valence electrons. The number of anilines is 2. The lowest BCUT2D eigenvalue weighted by Gasteiger charge is -2.40. The standard InChI is InChI=1S/C28H32F3N7O2/c1-16-15-36(27(39)40-28(3,4)5)11-12-37(16)22-13-20-21(14-33-22)38-10-9-32-26(38)35-25(20)34-17(2)18-7-6-8-19(23(18)29)24(30)31/h6-10,13-14,16-17,24H,11-12,15H2,1-5H3,(H,32,34,35). The number of hydrogen-bond acceptors (Lipinski definition) is 7. The summed E-state index contributed by atoms with van der Waals surface area (Å²) in [6.07, 6.45) is 1.85. The molecule has 4 heterocycles. The van der Waals surface area contributed by atoms with Crippen LogP contribution in [-0.4, -0.2) is 61.6 Å². The third kappa shape index (κ3) is 5.34. The normalized spacial score (nSPS) is 17.1. The molecule has 0 aliphatic carbocycles. The number of pyridine rings is 1. The second-order valence-electron chi connectivity index (χ2n) is 11.0. The third-order valence-corrected chi connectivity index (χ3v) is 6.90. The number of ether oxygens (including phenoxy) is 1. The highest BCUT2D eigenvalue weighted by Gasteiger charge is 2.31. The molecule has 1 N–H and O–H groups in total. The molecule has 1 amide bonds. The molecule has 1 aliphatic heterocycles. The molecule has 40 heavy (non-hydrogen) atoms. The number of benzene rings is 1. The summed E-state index contributed by atoms with van der Waals surface area (Å²) in [5, 5.41) is 3.91. The van der Waals surface area contributed by atoms with Crippen molar-refractivity contribution in [3.8, 4) is 0 Å². The molecule has 4 aromatic rings. The molecule has 0 radical (unpaired) electrons. The van der Waals surface area contributed by atoms with E-state index < -0.39 is 29.4 Å². The van der Waals surface area contributed by atoms with Crippen LogP contribution in [0.15, 0.2) is 42.9 Å². The maximum atomic E-state index is 14.9. The Morgan fingerprint density at radius 3 is 2.62 bits per heavy atom. The van der Waals surface area contributed by atoms with Crippen molar-refractivity contribution in [1.29, 1.82) is 0 Å². The van der Waals surface area contributed by atoms with Gasteiger partial charge >= 0.3 is 6.09 Å². The third-order valence-electron chi connectivity index (χ3n) is 6.90. The van der Waals surface area contributed by atoms with Gasteiger partial charge in [0.15, 0.2) is 0 Å². The molecule has 3 aromatic heterocycles. The number of halogens is 3. The van der Waals surface area contributed by atoms with Crippen LogP contribution in [0.1, 0.15) is 58.2 Å². The van der Waals surface area contributed by atoms with E-state index in [4.69, 9.17) is 9.72 Å². The Morgan fingerprint density at radius 2 is 1.93 bits per heavy atom. The number of imidazole rings is 1. The van der Waals surface area contributed by atoms with E-state index in [0.717, 1.165) is 11.6 Å². The highest BCUT2D eigenvalue weighted by Crippen LogP contribution is 2.32. The van der Waals surface area contributed by atoms with Gasteiger partial charge in [-0.2, -0.15) is 4.98 Å². The zero-order chi connectivity index (χ0) is 28.8. The van der Waals surface area contributed by atoms with Crippen LogP contribution in [0.3, 0.4) is 0 Å². The van der Waals surface area contributed by atoms with E-state index in [9.17, 15) is 18.0 Å². The average Bonchev–Trinajstić information content (AvgIpc) is 3.36. The Labute approximate surface area is 230 Å². The average molecular weight is 556 g/mol. The summed E-state index contributed by atoms with van der Waals surface area (Å²) in [6, 6.07) is 5.16. The second-order valence-corrected chi connectivity index (χ2v) is 11.0. The van der Waals surface area contributed by atoms with Gasteiger partial charge in [0.25, 0.3) is 6.43 Å². The molecule has 1 fully saturated rings. The first kappa shape index (κ1) is 27.5.